The molecule has 4 unspecified atom stereocenters. The van der Waals surface area contributed by atoms with Crippen LogP contribution in [0.5, 0.6) is 0 Å². The average Bonchev–Trinajstić information content (AvgIpc) is 3.51. The zero-order chi connectivity index (χ0) is 40.1. The minimum Gasteiger partial charge on any atom is -0.370 e. The largest absolute Gasteiger partial charge is 0.370 e. The van der Waals surface area contributed by atoms with Crippen LogP contribution in [-0.4, -0.2) is 89.1 Å². The van der Waals surface area contributed by atoms with Gasteiger partial charge in [-0.15, -0.1) is 0 Å². The topological polar surface area (TPSA) is 260 Å². The highest BCUT2D eigenvalue weighted by Gasteiger charge is 2.37. The van der Waals surface area contributed by atoms with Gasteiger partial charge in [0.1, 0.15) is 36.3 Å². The number of fused-ring (bicyclic) bond motifs is 1. The molecule has 0 saturated carbocycles. The Bertz CT molecular complexity index is 1640. The number of hydrogen-bond donors (Lipinski definition) is 9. The maximum absolute atomic E-state index is 14.2. The van der Waals surface area contributed by atoms with E-state index in [0.717, 1.165) is 16.5 Å². The third-order valence-corrected chi connectivity index (χ3v) is 9.57. The van der Waals surface area contributed by atoms with E-state index in [2.05, 4.69) is 36.9 Å². The van der Waals surface area contributed by atoms with Gasteiger partial charge >= 0.3 is 0 Å². The number of nitrogens with two attached hydrogens (primary N) is 2. The monoisotopic (exact) mass is 753 g/mol. The summed E-state index contributed by atoms with van der Waals surface area (Å²) in [6.45, 7) is 11.3. The maximum Gasteiger partial charge on any atom is 0.243 e. The van der Waals surface area contributed by atoms with Crippen molar-refractivity contribution in [1.29, 1.82) is 0 Å². The van der Waals surface area contributed by atoms with E-state index in [4.69, 9.17) is 11.5 Å². The molecule has 0 bridgehead atoms. The summed E-state index contributed by atoms with van der Waals surface area (Å²) in [7, 11) is 0. The van der Waals surface area contributed by atoms with Gasteiger partial charge in [0, 0.05) is 23.5 Å². The Morgan fingerprint density at radius 2 is 1.19 bits per heavy atom. The van der Waals surface area contributed by atoms with Crippen LogP contribution >= 0.6 is 0 Å². The summed E-state index contributed by atoms with van der Waals surface area (Å²) < 4.78 is 0. The molecule has 1 aromatic carbocycles. The van der Waals surface area contributed by atoms with E-state index >= 15 is 0 Å². The van der Waals surface area contributed by atoms with Gasteiger partial charge in [-0.05, 0) is 61.6 Å². The lowest BCUT2D eigenvalue weighted by Gasteiger charge is -2.31. The van der Waals surface area contributed by atoms with E-state index in [-0.39, 0.29) is 44.1 Å². The Labute approximate surface area is 316 Å². The van der Waals surface area contributed by atoms with Gasteiger partial charge in [-0.1, -0.05) is 66.2 Å². The summed E-state index contributed by atoms with van der Waals surface area (Å²) in [5, 5.41) is 17.2. The second-order valence-corrected chi connectivity index (χ2v) is 15.1. The third-order valence-electron chi connectivity index (χ3n) is 9.57. The van der Waals surface area contributed by atoms with E-state index in [1.165, 1.54) is 0 Å². The zero-order valence-electron chi connectivity index (χ0n) is 32.3. The predicted octanol–water partition coefficient (Wildman–Crippen LogP) is 0.385. The lowest BCUT2D eigenvalue weighted by atomic mass is 9.95. The van der Waals surface area contributed by atoms with Gasteiger partial charge in [-0.25, -0.2) is 0 Å². The van der Waals surface area contributed by atoms with Gasteiger partial charge in [0.25, 0.3) is 0 Å². The van der Waals surface area contributed by atoms with Gasteiger partial charge in [0.2, 0.25) is 41.4 Å². The van der Waals surface area contributed by atoms with E-state index in [0.29, 0.717) is 12.8 Å². The molecule has 7 atom stereocenters. The van der Waals surface area contributed by atoms with Gasteiger partial charge in [-0.2, -0.15) is 0 Å². The second-order valence-electron chi connectivity index (χ2n) is 15.1. The zero-order valence-corrected chi connectivity index (χ0v) is 32.3. The third kappa shape index (κ3) is 12.6. The molecule has 1 aliphatic rings. The van der Waals surface area contributed by atoms with Crippen LogP contribution in [0, 0.1) is 17.8 Å². The van der Waals surface area contributed by atoms with Crippen LogP contribution in [0.3, 0.4) is 0 Å². The van der Waals surface area contributed by atoms with Crippen LogP contribution in [-0.2, 0) is 40.0 Å². The molecule has 16 heteroatoms. The molecule has 7 amide bonds. The molecule has 54 heavy (non-hydrogen) atoms. The first-order valence-corrected chi connectivity index (χ1v) is 18.9. The molecule has 0 radical (unpaired) electrons. The fraction of sp³-hybridized carbons (Fsp3) is 0.605. The molecule has 0 aliphatic carbocycles. The number of amides is 7. The van der Waals surface area contributed by atoms with Crippen LogP contribution in [0.4, 0.5) is 0 Å². The van der Waals surface area contributed by atoms with Crippen molar-refractivity contribution < 1.29 is 33.6 Å². The lowest BCUT2D eigenvalue weighted by Crippen LogP contribution is -2.62. The minimum absolute atomic E-state index is 0.0187. The van der Waals surface area contributed by atoms with Gasteiger partial charge < -0.3 is 48.4 Å². The molecule has 11 N–H and O–H groups in total. The van der Waals surface area contributed by atoms with Crippen molar-refractivity contribution >= 4 is 52.3 Å². The quantitative estimate of drug-likeness (QED) is 0.138. The highest BCUT2D eigenvalue weighted by molar-refractivity contribution is 5.99. The summed E-state index contributed by atoms with van der Waals surface area (Å²) in [5.74, 6) is -5.65. The normalized spacial score (nSPS) is 24.5. The number of aromatic nitrogens is 1. The number of aromatic amines is 1. The first kappa shape index (κ1) is 43.4. The summed E-state index contributed by atoms with van der Waals surface area (Å²) in [6.07, 6.45) is 2.41. The first-order valence-electron chi connectivity index (χ1n) is 18.9. The number of nitrogens with one attached hydrogen (secondary N) is 7. The molecule has 1 aliphatic heterocycles. The van der Waals surface area contributed by atoms with Crippen molar-refractivity contribution in [2.45, 2.75) is 123 Å². The van der Waals surface area contributed by atoms with Crippen LogP contribution in [0.15, 0.2) is 30.5 Å². The van der Waals surface area contributed by atoms with Gasteiger partial charge in [0.05, 0.1) is 6.42 Å². The number of carbonyl (C=O) groups is 7. The summed E-state index contributed by atoms with van der Waals surface area (Å²) in [6, 6.07) is 0.166. The molecule has 1 aromatic heterocycles. The smallest absolute Gasteiger partial charge is 0.243 e. The highest BCUT2D eigenvalue weighted by atomic mass is 16.2. The average molecular weight is 754 g/mol. The molecule has 1 fully saturated rings. The van der Waals surface area contributed by atoms with Gasteiger partial charge in [-0.3, -0.25) is 33.6 Å². The number of H-pyrrole nitrogens is 1. The van der Waals surface area contributed by atoms with Crippen molar-refractivity contribution in [2.24, 2.45) is 29.2 Å². The van der Waals surface area contributed by atoms with Crippen LogP contribution in [0.1, 0.15) is 85.6 Å². The Morgan fingerprint density at radius 3 is 1.76 bits per heavy atom. The van der Waals surface area contributed by atoms with Crippen LogP contribution < -0.4 is 43.4 Å². The molecule has 3 rings (SSSR count). The molecule has 2 heterocycles. The van der Waals surface area contributed by atoms with Crippen molar-refractivity contribution in [3.63, 3.8) is 0 Å². The van der Waals surface area contributed by atoms with Crippen molar-refractivity contribution in [3.05, 3.63) is 36.0 Å². The van der Waals surface area contributed by atoms with Crippen LogP contribution in [0.25, 0.3) is 10.9 Å². The van der Waals surface area contributed by atoms with Crippen molar-refractivity contribution in [1.82, 2.24) is 36.9 Å². The summed E-state index contributed by atoms with van der Waals surface area (Å²) in [4.78, 5) is 99.0. The fourth-order valence-electron chi connectivity index (χ4n) is 6.44. The highest BCUT2D eigenvalue weighted by Crippen LogP contribution is 2.20. The number of benzene rings is 1. The van der Waals surface area contributed by atoms with Crippen molar-refractivity contribution in [2.75, 3.05) is 6.54 Å². The molecule has 2 aromatic rings. The molecule has 1 saturated heterocycles. The lowest BCUT2D eigenvalue weighted by molar-refractivity contribution is -0.138. The molecular weight excluding hydrogens is 694 g/mol. The number of rotatable bonds is 13. The SMILES string of the molecule is CCC(C)C1NC(=O)[C@@H](CC(C)C)NC(=O)[C@H](CC(C)C)NC(=O)[C@H](Cc2c[nH]c3ccccc23)NC(=O)C(CCCN)NC(=O)C(CC(N)=O)NC1=O. The second kappa shape index (κ2) is 20.5. The molecule has 0 spiro atoms. The number of primary amides is 1. The Morgan fingerprint density at radius 1 is 0.685 bits per heavy atom. The van der Waals surface area contributed by atoms with Gasteiger partial charge in [0.15, 0.2) is 0 Å². The molecule has 16 nitrogen and oxygen atoms in total. The predicted molar refractivity (Wildman–Crippen MR) is 204 cm³/mol. The molecular formula is C38H59N9O7. The van der Waals surface area contributed by atoms with Crippen LogP contribution in [0.2, 0.25) is 0 Å². The van der Waals surface area contributed by atoms with E-state index in [9.17, 15) is 33.6 Å². The molecule has 298 valence electrons. The first-order chi connectivity index (χ1) is 25.5. The number of hydrogen-bond acceptors (Lipinski definition) is 8. The van der Waals surface area contributed by atoms with E-state index in [1.54, 1.807) is 13.1 Å². The maximum atomic E-state index is 14.2. The Hall–Kier alpha value is -4.99. The van der Waals surface area contributed by atoms with E-state index in [1.807, 2.05) is 58.9 Å². The fourth-order valence-corrected chi connectivity index (χ4v) is 6.44. The standard InChI is InChI=1S/C38H59N9O7/c1-7-22(6)32-38(54)46-30(18-31(40)48)36(52)42-26(13-10-14-39)33(49)45-29(17-23-19-41-25-12-9-8-11-24(23)25)35(51)43-27(15-20(2)3)34(50)44-28(16-21(4)5)37(53)47-32/h8-9,11-12,19-22,26-30,32,41H,7,10,13-18,39H2,1-6H3,(H2,40,48)(H,42,52)(H,43,51)(H,44,50)(H,45,49)(H,46,54)(H,47,53)/t22?,26?,27-,28+,29-,30?,32?/m0/s1. The van der Waals surface area contributed by atoms with E-state index < -0.39 is 89.9 Å². The Kier molecular flexibility index (Phi) is 16.5. The summed E-state index contributed by atoms with van der Waals surface area (Å²) in [5.41, 5.74) is 12.8. The number of para-hydroxylation sites is 1. The minimum atomic E-state index is -1.50. The number of carbonyl (C=O) groups excluding carboxylic acids is 7. The Balaban J connectivity index is 2.15. The van der Waals surface area contributed by atoms with Crippen molar-refractivity contribution in [3.8, 4) is 0 Å². The summed E-state index contributed by atoms with van der Waals surface area (Å²) >= 11 is 0.